The van der Waals surface area contributed by atoms with E-state index in [-0.39, 0.29) is 11.4 Å². The molecule has 0 amide bonds. The van der Waals surface area contributed by atoms with Gasteiger partial charge in [0.05, 0.1) is 15.5 Å². The predicted molar refractivity (Wildman–Crippen MR) is 99.3 cm³/mol. The lowest BCUT2D eigenvalue weighted by Gasteiger charge is -2.11. The van der Waals surface area contributed by atoms with Crippen LogP contribution in [-0.4, -0.2) is 28.5 Å². The number of nitro groups is 1. The van der Waals surface area contributed by atoms with Gasteiger partial charge in [-0.1, -0.05) is 18.2 Å². The van der Waals surface area contributed by atoms with E-state index in [1.54, 1.807) is 0 Å². The highest BCUT2D eigenvalue weighted by Gasteiger charge is 2.28. The van der Waals surface area contributed by atoms with E-state index in [1.165, 1.54) is 30.3 Å². The molecule has 10 heteroatoms. The average molecular weight is 416 g/mol. The molecule has 1 atom stereocenters. The van der Waals surface area contributed by atoms with Gasteiger partial charge in [-0.3, -0.25) is 14.9 Å². The number of sulfone groups is 1. The molecule has 8 nitrogen and oxygen atoms in total. The second-order valence-electron chi connectivity index (χ2n) is 5.94. The number of rotatable bonds is 5. The summed E-state index contributed by atoms with van der Waals surface area (Å²) in [6.45, 7) is 0. The maximum Gasteiger partial charge on any atom is 0.299 e. The van der Waals surface area contributed by atoms with E-state index in [9.17, 15) is 32.8 Å². The maximum absolute atomic E-state index is 13.0. The first kappa shape index (κ1) is 20.2. The molecule has 0 radical (unpaired) electrons. The van der Waals surface area contributed by atoms with E-state index < -0.39 is 42.4 Å². The van der Waals surface area contributed by atoms with Crippen LogP contribution in [0.2, 0.25) is 0 Å². The highest BCUT2D eigenvalue weighted by Crippen LogP contribution is 2.23. The number of aliphatic hydroxyl groups excluding tert-OH is 1. The van der Waals surface area contributed by atoms with Crippen LogP contribution in [0.15, 0.2) is 71.6 Å². The van der Waals surface area contributed by atoms with Crippen molar-refractivity contribution >= 4 is 20.6 Å². The van der Waals surface area contributed by atoms with Crippen LogP contribution in [0.3, 0.4) is 0 Å². The zero-order chi connectivity index (χ0) is 21.2. The molecule has 0 fully saturated rings. The highest BCUT2D eigenvalue weighted by atomic mass is 32.2. The Hall–Kier alpha value is -3.50. The van der Waals surface area contributed by atoms with E-state index in [4.69, 9.17) is 0 Å². The first-order valence-corrected chi connectivity index (χ1v) is 9.63. The zero-order valence-electron chi connectivity index (χ0n) is 14.6. The third-order valence-electron chi connectivity index (χ3n) is 4.05. The third kappa shape index (κ3) is 4.18. The molecule has 0 bridgehead atoms. The summed E-state index contributed by atoms with van der Waals surface area (Å²) in [5.41, 5.74) is -0.441. The Morgan fingerprint density at radius 2 is 1.66 bits per heavy atom. The fourth-order valence-electron chi connectivity index (χ4n) is 2.52. The number of nitro benzene ring substituents is 1. The fraction of sp³-hybridized carbons (Fsp3) is 0.0526. The number of aromatic nitrogens is 1. The predicted octanol–water partition coefficient (Wildman–Crippen LogP) is 2.82. The minimum absolute atomic E-state index is 0.00126. The largest absolute Gasteiger partial charge is 0.382 e. The Morgan fingerprint density at radius 1 is 1.03 bits per heavy atom. The lowest BCUT2D eigenvalue weighted by atomic mass is 10.1. The van der Waals surface area contributed by atoms with Gasteiger partial charge in [0.25, 0.3) is 10.8 Å². The summed E-state index contributed by atoms with van der Waals surface area (Å²) < 4.78 is 38.1. The molecule has 0 aliphatic heterocycles. The van der Waals surface area contributed by atoms with Crippen LogP contribution >= 0.6 is 0 Å². The fourth-order valence-corrected chi connectivity index (χ4v) is 3.62. The van der Waals surface area contributed by atoms with Gasteiger partial charge in [0.15, 0.2) is 0 Å². The molecular weight excluding hydrogens is 403 g/mol. The van der Waals surface area contributed by atoms with Crippen molar-refractivity contribution in [1.82, 2.24) is 4.98 Å². The lowest BCUT2D eigenvalue weighted by Crippen LogP contribution is -2.18. The van der Waals surface area contributed by atoms with E-state index in [1.807, 2.05) is 0 Å². The van der Waals surface area contributed by atoms with E-state index in [0.717, 1.165) is 36.4 Å². The summed E-state index contributed by atoms with van der Waals surface area (Å²) in [6, 6.07) is 12.8. The number of aliphatic hydroxyl groups is 1. The van der Waals surface area contributed by atoms with Gasteiger partial charge in [-0.05, 0) is 42.0 Å². The number of pyridine rings is 1. The molecule has 0 saturated heterocycles. The summed E-state index contributed by atoms with van der Waals surface area (Å²) in [5.74, 6) is -0.493. The minimum Gasteiger partial charge on any atom is -0.382 e. The lowest BCUT2D eigenvalue weighted by molar-refractivity contribution is -0.384. The highest BCUT2D eigenvalue weighted by molar-refractivity contribution is 8.06. The Kier molecular flexibility index (Phi) is 5.48. The van der Waals surface area contributed by atoms with Gasteiger partial charge >= 0.3 is 0 Å². The quantitative estimate of drug-likeness (QED) is 0.500. The van der Waals surface area contributed by atoms with Gasteiger partial charge in [0.1, 0.15) is 17.6 Å². The third-order valence-corrected chi connectivity index (χ3v) is 5.64. The van der Waals surface area contributed by atoms with Gasteiger partial charge in [-0.2, -0.15) is 0 Å². The Bertz CT molecular complexity index is 1180. The van der Waals surface area contributed by atoms with Gasteiger partial charge in [-0.25, -0.2) is 17.8 Å². The number of nitrogens with zero attached hydrogens (tertiary/aromatic N) is 2. The number of hydrogen-bond donors (Lipinski definition) is 1. The molecule has 0 spiro atoms. The van der Waals surface area contributed by atoms with Crippen molar-refractivity contribution < 1.29 is 27.6 Å². The average Bonchev–Trinajstić information content (AvgIpc) is 2.73. The summed E-state index contributed by atoms with van der Waals surface area (Å²) in [5, 5.41) is 19.8. The second kappa shape index (κ2) is 7.86. The van der Waals surface area contributed by atoms with Crippen LogP contribution in [0.5, 0.6) is 0 Å². The van der Waals surface area contributed by atoms with Crippen molar-refractivity contribution in [2.24, 2.45) is 0 Å². The smallest absolute Gasteiger partial charge is 0.299 e. The SMILES string of the molecule is O=C(c1cccc(C(O)c2ccc(F)cc2)n1)S(=O)(=O)c1ccc([N+](=O)[O-])cc1. The van der Waals surface area contributed by atoms with E-state index >= 15 is 0 Å². The molecule has 1 unspecified atom stereocenters. The molecule has 2 aromatic carbocycles. The van der Waals surface area contributed by atoms with Crippen molar-refractivity contribution in [3.63, 3.8) is 0 Å². The van der Waals surface area contributed by atoms with Gasteiger partial charge in [0.2, 0.25) is 9.84 Å². The summed E-state index contributed by atoms with van der Waals surface area (Å²) >= 11 is 0. The van der Waals surface area contributed by atoms with Gasteiger partial charge in [-0.15, -0.1) is 0 Å². The standard InChI is InChI=1S/C19H13FN2O6S/c20-13-6-4-12(5-7-13)18(23)16-2-1-3-17(21-16)19(24)29(27,28)15-10-8-14(9-11-15)22(25)26/h1-11,18,23H. The van der Waals surface area contributed by atoms with Crippen LogP contribution in [0.4, 0.5) is 10.1 Å². The number of hydrogen-bond acceptors (Lipinski definition) is 7. The van der Waals surface area contributed by atoms with Crippen LogP contribution in [-0.2, 0) is 9.84 Å². The van der Waals surface area contributed by atoms with Crippen LogP contribution in [0, 0.1) is 15.9 Å². The minimum atomic E-state index is -4.50. The zero-order valence-corrected chi connectivity index (χ0v) is 15.4. The molecule has 3 rings (SSSR count). The van der Waals surface area contributed by atoms with E-state index in [2.05, 4.69) is 4.98 Å². The number of halogens is 1. The Balaban J connectivity index is 1.92. The number of carbonyl (C=O) groups is 1. The normalized spacial score (nSPS) is 12.3. The summed E-state index contributed by atoms with van der Waals surface area (Å²) in [6.07, 6.45) is -1.30. The molecule has 1 heterocycles. The summed E-state index contributed by atoms with van der Waals surface area (Å²) in [4.78, 5) is 26.0. The van der Waals surface area contributed by atoms with Crippen LogP contribution in [0.1, 0.15) is 27.8 Å². The monoisotopic (exact) mass is 416 g/mol. The molecule has 29 heavy (non-hydrogen) atoms. The molecular formula is C19H13FN2O6S. The second-order valence-corrected chi connectivity index (χ2v) is 7.79. The molecule has 0 saturated carbocycles. The molecule has 0 aliphatic carbocycles. The molecule has 1 N–H and O–H groups in total. The molecule has 1 aromatic heterocycles. The van der Waals surface area contributed by atoms with Crippen molar-refractivity contribution in [3.8, 4) is 0 Å². The Labute approximate surface area is 164 Å². The first-order valence-electron chi connectivity index (χ1n) is 8.14. The maximum atomic E-state index is 13.0. The topological polar surface area (TPSA) is 127 Å². The number of benzene rings is 2. The van der Waals surface area contributed by atoms with Crippen molar-refractivity contribution in [2.45, 2.75) is 11.0 Å². The van der Waals surface area contributed by atoms with Crippen molar-refractivity contribution in [3.05, 3.63) is 99.6 Å². The summed E-state index contributed by atoms with van der Waals surface area (Å²) in [7, 11) is -4.50. The van der Waals surface area contributed by atoms with Crippen molar-refractivity contribution in [2.75, 3.05) is 0 Å². The number of non-ortho nitro benzene ring substituents is 1. The van der Waals surface area contributed by atoms with Crippen LogP contribution in [0.25, 0.3) is 0 Å². The molecule has 0 aliphatic rings. The number of carbonyl (C=O) groups excluding carboxylic acids is 1. The Morgan fingerprint density at radius 3 is 2.24 bits per heavy atom. The van der Waals surface area contributed by atoms with E-state index in [0.29, 0.717) is 5.56 Å². The molecule has 3 aromatic rings. The van der Waals surface area contributed by atoms with Crippen LogP contribution < -0.4 is 0 Å². The molecule has 148 valence electrons. The van der Waals surface area contributed by atoms with Crippen molar-refractivity contribution in [1.29, 1.82) is 0 Å². The van der Waals surface area contributed by atoms with Gasteiger partial charge in [0, 0.05) is 12.1 Å². The first-order chi connectivity index (χ1) is 13.7. The van der Waals surface area contributed by atoms with Gasteiger partial charge < -0.3 is 5.11 Å².